The number of phenols is 1. The first-order valence-corrected chi connectivity index (χ1v) is 5.93. The summed E-state index contributed by atoms with van der Waals surface area (Å²) in [6.45, 7) is 5.44. The van der Waals surface area contributed by atoms with Gasteiger partial charge in [0, 0.05) is 11.6 Å². The molecule has 0 unspecified atom stereocenters. The van der Waals surface area contributed by atoms with Crippen molar-refractivity contribution in [3.8, 4) is 5.75 Å². The van der Waals surface area contributed by atoms with Crippen molar-refractivity contribution in [2.75, 3.05) is 6.54 Å². The standard InChI is InChI=1S/C13H19N3O3/c1-8(2)16(7-12(14)15-19)13(18)10-5-4-9(3)11(17)6-10/h4-6,8,17,19H,7H2,1-3H3,(H2,14,15). The number of benzene rings is 1. The van der Waals surface area contributed by atoms with Crippen LogP contribution in [0.15, 0.2) is 23.4 Å². The molecule has 19 heavy (non-hydrogen) atoms. The van der Waals surface area contributed by atoms with Crippen LogP contribution < -0.4 is 5.73 Å². The average molecular weight is 265 g/mol. The number of oxime groups is 1. The van der Waals surface area contributed by atoms with E-state index < -0.39 is 0 Å². The summed E-state index contributed by atoms with van der Waals surface area (Å²) in [5.74, 6) is -0.256. The van der Waals surface area contributed by atoms with Crippen LogP contribution in [0.5, 0.6) is 5.75 Å². The van der Waals surface area contributed by atoms with E-state index in [-0.39, 0.29) is 30.1 Å². The molecule has 0 bridgehead atoms. The van der Waals surface area contributed by atoms with Crippen LogP contribution in [0.2, 0.25) is 0 Å². The molecule has 6 heteroatoms. The molecule has 0 saturated carbocycles. The Morgan fingerprint density at radius 1 is 1.47 bits per heavy atom. The minimum absolute atomic E-state index is 0.0294. The fourth-order valence-electron chi connectivity index (χ4n) is 1.60. The maximum Gasteiger partial charge on any atom is 0.254 e. The van der Waals surface area contributed by atoms with Gasteiger partial charge in [-0.3, -0.25) is 4.79 Å². The minimum Gasteiger partial charge on any atom is -0.508 e. The van der Waals surface area contributed by atoms with E-state index in [0.717, 1.165) is 0 Å². The first-order chi connectivity index (χ1) is 8.86. The van der Waals surface area contributed by atoms with Crippen molar-refractivity contribution in [2.45, 2.75) is 26.8 Å². The predicted molar refractivity (Wildman–Crippen MR) is 72.4 cm³/mol. The maximum atomic E-state index is 12.3. The molecule has 0 radical (unpaired) electrons. The van der Waals surface area contributed by atoms with Crippen molar-refractivity contribution in [1.29, 1.82) is 0 Å². The lowest BCUT2D eigenvalue weighted by Crippen LogP contribution is -2.42. The highest BCUT2D eigenvalue weighted by atomic mass is 16.4. The lowest BCUT2D eigenvalue weighted by Gasteiger charge is -2.26. The number of nitrogens with two attached hydrogens (primary N) is 1. The fourth-order valence-corrected chi connectivity index (χ4v) is 1.60. The second-order valence-electron chi connectivity index (χ2n) is 4.62. The average Bonchev–Trinajstić information content (AvgIpc) is 2.37. The van der Waals surface area contributed by atoms with Gasteiger partial charge in [0.15, 0.2) is 5.84 Å². The number of nitrogens with zero attached hydrogens (tertiary/aromatic N) is 2. The Morgan fingerprint density at radius 3 is 2.58 bits per heavy atom. The number of amides is 1. The van der Waals surface area contributed by atoms with Crippen LogP contribution in [0.25, 0.3) is 0 Å². The van der Waals surface area contributed by atoms with E-state index >= 15 is 0 Å². The predicted octanol–water partition coefficient (Wildman–Crippen LogP) is 1.30. The summed E-state index contributed by atoms with van der Waals surface area (Å²) in [7, 11) is 0. The molecule has 0 spiro atoms. The molecule has 1 aromatic rings. The minimum atomic E-state index is -0.281. The first kappa shape index (κ1) is 14.8. The van der Waals surface area contributed by atoms with Gasteiger partial charge in [-0.05, 0) is 38.5 Å². The summed E-state index contributed by atoms with van der Waals surface area (Å²) < 4.78 is 0. The molecule has 0 atom stereocenters. The lowest BCUT2D eigenvalue weighted by molar-refractivity contribution is 0.0733. The highest BCUT2D eigenvalue weighted by Gasteiger charge is 2.20. The Balaban J connectivity index is 3.02. The van der Waals surface area contributed by atoms with Gasteiger partial charge in [-0.1, -0.05) is 11.2 Å². The van der Waals surface area contributed by atoms with Crippen molar-refractivity contribution in [2.24, 2.45) is 10.9 Å². The van der Waals surface area contributed by atoms with Gasteiger partial charge in [0.05, 0.1) is 6.54 Å². The van der Waals surface area contributed by atoms with E-state index in [1.807, 2.05) is 13.8 Å². The molecule has 0 aliphatic rings. The number of aromatic hydroxyl groups is 1. The van der Waals surface area contributed by atoms with Crippen LogP contribution in [-0.4, -0.2) is 39.5 Å². The maximum absolute atomic E-state index is 12.3. The van der Waals surface area contributed by atoms with Crippen molar-refractivity contribution in [3.05, 3.63) is 29.3 Å². The van der Waals surface area contributed by atoms with Gasteiger partial charge >= 0.3 is 0 Å². The summed E-state index contributed by atoms with van der Waals surface area (Å²) in [5.41, 5.74) is 6.50. The molecule has 1 rings (SSSR count). The van der Waals surface area contributed by atoms with Gasteiger partial charge in [0.25, 0.3) is 5.91 Å². The summed E-state index contributed by atoms with van der Waals surface area (Å²) in [4.78, 5) is 13.8. The van der Waals surface area contributed by atoms with E-state index in [0.29, 0.717) is 11.1 Å². The number of carbonyl (C=O) groups is 1. The largest absolute Gasteiger partial charge is 0.508 e. The molecule has 1 aromatic carbocycles. The second kappa shape index (κ2) is 6.08. The molecule has 4 N–H and O–H groups in total. The van der Waals surface area contributed by atoms with Crippen molar-refractivity contribution < 1.29 is 15.1 Å². The summed E-state index contributed by atoms with van der Waals surface area (Å²) in [6.07, 6.45) is 0. The second-order valence-corrected chi connectivity index (χ2v) is 4.62. The van der Waals surface area contributed by atoms with Crippen LogP contribution in [-0.2, 0) is 0 Å². The van der Waals surface area contributed by atoms with Crippen LogP contribution in [0.1, 0.15) is 29.8 Å². The number of aryl methyl sites for hydroxylation is 1. The SMILES string of the molecule is Cc1ccc(C(=O)N(CC(N)=NO)C(C)C)cc1O. The molecule has 0 saturated heterocycles. The molecular formula is C13H19N3O3. The number of rotatable bonds is 4. The normalized spacial score (nSPS) is 11.7. The third kappa shape index (κ3) is 3.61. The van der Waals surface area contributed by atoms with Crippen LogP contribution >= 0.6 is 0 Å². The van der Waals surface area contributed by atoms with Crippen LogP contribution in [0.4, 0.5) is 0 Å². The Kier molecular flexibility index (Phi) is 4.74. The zero-order valence-corrected chi connectivity index (χ0v) is 11.3. The third-order valence-corrected chi connectivity index (χ3v) is 2.80. The van der Waals surface area contributed by atoms with Gasteiger partial charge in [-0.15, -0.1) is 0 Å². The molecule has 0 aliphatic carbocycles. The molecule has 0 aromatic heterocycles. The fraction of sp³-hybridized carbons (Fsp3) is 0.385. The van der Waals surface area contributed by atoms with E-state index in [9.17, 15) is 9.90 Å². The zero-order chi connectivity index (χ0) is 14.6. The molecule has 0 fully saturated rings. The van der Waals surface area contributed by atoms with Gasteiger partial charge in [-0.25, -0.2) is 0 Å². The number of phenolic OH excluding ortho intramolecular Hbond substituents is 1. The Morgan fingerprint density at radius 2 is 2.11 bits per heavy atom. The Labute approximate surface area is 112 Å². The first-order valence-electron chi connectivity index (χ1n) is 5.93. The Hall–Kier alpha value is -2.24. The van der Waals surface area contributed by atoms with Crippen LogP contribution in [0, 0.1) is 6.92 Å². The van der Waals surface area contributed by atoms with Gasteiger partial charge in [0.2, 0.25) is 0 Å². The van der Waals surface area contributed by atoms with E-state index in [1.54, 1.807) is 19.1 Å². The molecule has 1 amide bonds. The smallest absolute Gasteiger partial charge is 0.254 e. The van der Waals surface area contributed by atoms with Crippen LogP contribution in [0.3, 0.4) is 0 Å². The summed E-state index contributed by atoms with van der Waals surface area (Å²) in [6, 6.07) is 4.61. The molecule has 0 aliphatic heterocycles. The summed E-state index contributed by atoms with van der Waals surface area (Å²) in [5, 5.41) is 21.1. The van der Waals surface area contributed by atoms with Gasteiger partial charge in [-0.2, -0.15) is 0 Å². The van der Waals surface area contributed by atoms with E-state index in [4.69, 9.17) is 10.9 Å². The Bertz CT molecular complexity index is 498. The highest BCUT2D eigenvalue weighted by molar-refractivity contribution is 5.97. The number of hydrogen-bond acceptors (Lipinski definition) is 4. The third-order valence-electron chi connectivity index (χ3n) is 2.80. The zero-order valence-electron chi connectivity index (χ0n) is 11.3. The molecule has 104 valence electrons. The quantitative estimate of drug-likeness (QED) is 0.330. The lowest BCUT2D eigenvalue weighted by atomic mass is 10.1. The van der Waals surface area contributed by atoms with Gasteiger partial charge < -0.3 is 20.9 Å². The van der Waals surface area contributed by atoms with E-state index in [2.05, 4.69) is 5.16 Å². The van der Waals surface area contributed by atoms with Crippen molar-refractivity contribution >= 4 is 11.7 Å². The van der Waals surface area contributed by atoms with Crippen molar-refractivity contribution in [1.82, 2.24) is 4.90 Å². The molecule has 6 nitrogen and oxygen atoms in total. The summed E-state index contributed by atoms with van der Waals surface area (Å²) >= 11 is 0. The number of hydrogen-bond donors (Lipinski definition) is 3. The topological polar surface area (TPSA) is 99.2 Å². The molecular weight excluding hydrogens is 246 g/mol. The number of amidine groups is 1. The number of carbonyl (C=O) groups excluding carboxylic acids is 1. The van der Waals surface area contributed by atoms with Crippen molar-refractivity contribution in [3.63, 3.8) is 0 Å². The van der Waals surface area contributed by atoms with E-state index in [1.165, 1.54) is 11.0 Å². The molecule has 0 heterocycles. The highest BCUT2D eigenvalue weighted by Crippen LogP contribution is 2.19. The monoisotopic (exact) mass is 265 g/mol. The van der Waals surface area contributed by atoms with Gasteiger partial charge in [0.1, 0.15) is 5.75 Å².